The van der Waals surface area contributed by atoms with Crippen molar-refractivity contribution in [3.8, 4) is 0 Å². The second-order valence-corrected chi connectivity index (χ2v) is 5.20. The minimum Gasteiger partial charge on any atom is -0.367 e. The summed E-state index contributed by atoms with van der Waals surface area (Å²) in [7, 11) is 0. The Bertz CT molecular complexity index is 743. The number of hydrogen-bond acceptors (Lipinski definition) is 6. The van der Waals surface area contributed by atoms with Gasteiger partial charge in [0, 0.05) is 18.9 Å². The van der Waals surface area contributed by atoms with Gasteiger partial charge in [-0.05, 0) is 25.8 Å². The molecule has 0 atom stereocenters. The van der Waals surface area contributed by atoms with Crippen LogP contribution in [0.2, 0.25) is 0 Å². The van der Waals surface area contributed by atoms with Crippen molar-refractivity contribution in [2.24, 2.45) is 0 Å². The highest BCUT2D eigenvalue weighted by molar-refractivity contribution is 5.87. The minimum atomic E-state index is 0.0752. The van der Waals surface area contributed by atoms with E-state index in [0.29, 0.717) is 5.71 Å². The van der Waals surface area contributed by atoms with Crippen LogP contribution in [0.4, 0.5) is 5.82 Å². The van der Waals surface area contributed by atoms with E-state index in [1.807, 2.05) is 30.1 Å². The zero-order valence-corrected chi connectivity index (χ0v) is 11.1. The Labute approximate surface area is 115 Å². The van der Waals surface area contributed by atoms with Gasteiger partial charge < -0.3 is 9.84 Å². The molecule has 3 aromatic heterocycles. The van der Waals surface area contributed by atoms with Crippen LogP contribution in [0.15, 0.2) is 29.3 Å². The van der Waals surface area contributed by atoms with Crippen LogP contribution in [0.3, 0.4) is 0 Å². The standard InChI is InChI=1S/C13H14N6O/c1-9-10-11(15-8-16-12(10)20-18-9)14-7-13(3-4-13)19-6-2-5-17-19/h2,5-6,8H,3-4,7H2,1H3,(H,14,15,16). The second kappa shape index (κ2) is 4.03. The van der Waals surface area contributed by atoms with Crippen molar-refractivity contribution < 1.29 is 4.52 Å². The van der Waals surface area contributed by atoms with Gasteiger partial charge in [-0.25, -0.2) is 4.98 Å². The number of rotatable bonds is 4. The lowest BCUT2D eigenvalue weighted by Crippen LogP contribution is -2.27. The monoisotopic (exact) mass is 270 g/mol. The molecule has 0 unspecified atom stereocenters. The molecule has 3 heterocycles. The Morgan fingerprint density at radius 3 is 3.05 bits per heavy atom. The van der Waals surface area contributed by atoms with Crippen LogP contribution in [0.1, 0.15) is 18.5 Å². The molecule has 1 N–H and O–H groups in total. The van der Waals surface area contributed by atoms with E-state index in [1.165, 1.54) is 6.33 Å². The third-order valence-electron chi connectivity index (χ3n) is 3.85. The quantitative estimate of drug-likeness (QED) is 0.777. The molecule has 102 valence electrons. The zero-order valence-electron chi connectivity index (χ0n) is 11.1. The van der Waals surface area contributed by atoms with Crippen molar-refractivity contribution in [2.75, 3.05) is 11.9 Å². The van der Waals surface area contributed by atoms with Crippen LogP contribution in [0, 0.1) is 6.92 Å². The maximum Gasteiger partial charge on any atom is 0.263 e. The molecule has 0 aliphatic heterocycles. The third-order valence-corrected chi connectivity index (χ3v) is 3.85. The molecule has 7 nitrogen and oxygen atoms in total. The van der Waals surface area contributed by atoms with Crippen LogP contribution in [0.25, 0.3) is 11.1 Å². The summed E-state index contributed by atoms with van der Waals surface area (Å²) in [4.78, 5) is 8.38. The predicted octanol–water partition coefficient (Wildman–Crippen LogP) is 1.72. The second-order valence-electron chi connectivity index (χ2n) is 5.20. The molecule has 0 aromatic carbocycles. The van der Waals surface area contributed by atoms with Gasteiger partial charge >= 0.3 is 0 Å². The molecule has 20 heavy (non-hydrogen) atoms. The largest absolute Gasteiger partial charge is 0.367 e. The van der Waals surface area contributed by atoms with Crippen molar-refractivity contribution in [1.82, 2.24) is 24.9 Å². The van der Waals surface area contributed by atoms with E-state index < -0.39 is 0 Å². The molecule has 4 rings (SSSR count). The minimum absolute atomic E-state index is 0.0752. The van der Waals surface area contributed by atoms with Crippen LogP contribution in [-0.4, -0.2) is 31.4 Å². The van der Waals surface area contributed by atoms with Crippen LogP contribution >= 0.6 is 0 Å². The smallest absolute Gasteiger partial charge is 0.263 e. The zero-order chi connectivity index (χ0) is 13.6. The Balaban J connectivity index is 1.61. The molecule has 1 fully saturated rings. The summed E-state index contributed by atoms with van der Waals surface area (Å²) >= 11 is 0. The molecular formula is C13H14N6O. The fourth-order valence-electron chi connectivity index (χ4n) is 2.48. The fraction of sp³-hybridized carbons (Fsp3) is 0.385. The summed E-state index contributed by atoms with van der Waals surface area (Å²) in [5, 5.41) is 12.5. The summed E-state index contributed by atoms with van der Waals surface area (Å²) in [6, 6.07) is 1.95. The number of fused-ring (bicyclic) bond motifs is 1. The SMILES string of the molecule is Cc1noc2ncnc(NCC3(n4cccn4)CC3)c12. The lowest BCUT2D eigenvalue weighted by molar-refractivity contribution is 0.442. The first-order valence-electron chi connectivity index (χ1n) is 6.59. The van der Waals surface area contributed by atoms with E-state index in [1.54, 1.807) is 0 Å². The van der Waals surface area contributed by atoms with Gasteiger partial charge in [0.05, 0.1) is 11.2 Å². The molecular weight excluding hydrogens is 256 g/mol. The topological polar surface area (TPSA) is 81.7 Å². The fourth-order valence-corrected chi connectivity index (χ4v) is 2.48. The first-order valence-corrected chi connectivity index (χ1v) is 6.59. The maximum atomic E-state index is 5.15. The van der Waals surface area contributed by atoms with Crippen molar-refractivity contribution in [2.45, 2.75) is 25.3 Å². The van der Waals surface area contributed by atoms with Crippen molar-refractivity contribution in [1.29, 1.82) is 0 Å². The highest BCUT2D eigenvalue weighted by atomic mass is 16.5. The first kappa shape index (κ1) is 11.4. The highest BCUT2D eigenvalue weighted by Gasteiger charge is 2.45. The molecule has 0 spiro atoms. The van der Waals surface area contributed by atoms with Crippen LogP contribution < -0.4 is 5.32 Å². The summed E-state index contributed by atoms with van der Waals surface area (Å²) in [6.45, 7) is 2.67. The average Bonchev–Trinajstić information content (AvgIpc) is 2.89. The van der Waals surface area contributed by atoms with E-state index in [0.717, 1.165) is 36.3 Å². The maximum absolute atomic E-state index is 5.15. The van der Waals surface area contributed by atoms with Gasteiger partial charge in [0.1, 0.15) is 17.5 Å². The molecule has 1 aliphatic rings. The Morgan fingerprint density at radius 1 is 1.40 bits per heavy atom. The van der Waals surface area contributed by atoms with Gasteiger partial charge in [-0.15, -0.1) is 0 Å². The van der Waals surface area contributed by atoms with Gasteiger partial charge in [0.15, 0.2) is 0 Å². The molecule has 1 saturated carbocycles. The first-order chi connectivity index (χ1) is 9.78. The van der Waals surface area contributed by atoms with E-state index in [9.17, 15) is 0 Å². The van der Waals surface area contributed by atoms with Gasteiger partial charge in [0.25, 0.3) is 5.71 Å². The number of aromatic nitrogens is 5. The lowest BCUT2D eigenvalue weighted by Gasteiger charge is -2.17. The Morgan fingerprint density at radius 2 is 2.30 bits per heavy atom. The third kappa shape index (κ3) is 1.66. The molecule has 0 radical (unpaired) electrons. The van der Waals surface area contributed by atoms with E-state index >= 15 is 0 Å². The molecule has 7 heteroatoms. The Kier molecular flexibility index (Phi) is 2.29. The summed E-state index contributed by atoms with van der Waals surface area (Å²) in [5.74, 6) is 0.771. The van der Waals surface area contributed by atoms with Crippen LogP contribution in [0.5, 0.6) is 0 Å². The van der Waals surface area contributed by atoms with Gasteiger partial charge in [-0.3, -0.25) is 4.68 Å². The summed E-state index contributed by atoms with van der Waals surface area (Å²) in [5.41, 5.74) is 1.39. The molecule has 3 aromatic rings. The Hall–Kier alpha value is -2.44. The van der Waals surface area contributed by atoms with Crippen LogP contribution in [-0.2, 0) is 5.54 Å². The number of nitrogens with one attached hydrogen (secondary N) is 1. The van der Waals surface area contributed by atoms with Crippen molar-refractivity contribution in [3.05, 3.63) is 30.5 Å². The lowest BCUT2D eigenvalue weighted by atomic mass is 10.2. The molecule has 0 saturated heterocycles. The van der Waals surface area contributed by atoms with E-state index in [-0.39, 0.29) is 5.54 Å². The van der Waals surface area contributed by atoms with E-state index in [2.05, 4.69) is 25.5 Å². The van der Waals surface area contributed by atoms with Crippen molar-refractivity contribution >= 4 is 16.9 Å². The number of anilines is 1. The summed E-state index contributed by atoms with van der Waals surface area (Å²) < 4.78 is 7.18. The summed E-state index contributed by atoms with van der Waals surface area (Å²) in [6.07, 6.45) is 7.56. The van der Waals surface area contributed by atoms with Gasteiger partial charge in [-0.1, -0.05) is 5.16 Å². The highest BCUT2D eigenvalue weighted by Crippen LogP contribution is 2.43. The molecule has 0 amide bonds. The molecule has 0 bridgehead atoms. The van der Waals surface area contributed by atoms with Gasteiger partial charge in [-0.2, -0.15) is 10.1 Å². The number of hydrogen-bond donors (Lipinski definition) is 1. The normalized spacial score (nSPS) is 16.4. The van der Waals surface area contributed by atoms with E-state index in [4.69, 9.17) is 4.52 Å². The molecule has 1 aliphatic carbocycles. The predicted molar refractivity (Wildman–Crippen MR) is 72.3 cm³/mol. The van der Waals surface area contributed by atoms with Gasteiger partial charge in [0.2, 0.25) is 0 Å². The van der Waals surface area contributed by atoms with Crippen molar-refractivity contribution in [3.63, 3.8) is 0 Å². The number of aryl methyl sites for hydroxylation is 1. The number of nitrogens with zero attached hydrogens (tertiary/aromatic N) is 5. The average molecular weight is 270 g/mol.